The number of anilines is 1. The highest BCUT2D eigenvalue weighted by molar-refractivity contribution is 7.13. The standard InChI is InChI=1S/C51H60N10O6S/c1-31(33-20-22-35(23-21-33)45-32(2)54-30-68-45)56-48(65)41-25-37(62)29-60(41)50(67)46(51(3,4)5)57-43(64)19-11-6-7-14-24-53-49(66)44(34-15-9-8-10-16-34)61-28-36(27-55-61)39-26-40(58-59-47(39)52)38-17-12-13-18-42(38)63/h8-10,12-13,15-18,20-23,26-28,30-31,37,41,44,46,62-63H,6-7,11,14,19,24-25,29H2,1-5H3,(H2,52,59)(H,53,66)(H,56,65)(H,57,64). The summed E-state index contributed by atoms with van der Waals surface area (Å²) in [7, 11) is 0. The van der Waals surface area contributed by atoms with E-state index in [9.17, 15) is 29.4 Å². The molecule has 68 heavy (non-hydrogen) atoms. The number of aromatic nitrogens is 5. The number of thiazole rings is 1. The van der Waals surface area contributed by atoms with E-state index in [1.807, 2.05) is 94.7 Å². The number of nitrogens with one attached hydrogen (secondary N) is 3. The number of rotatable bonds is 18. The second-order valence-corrected chi connectivity index (χ2v) is 19.3. The number of aryl methyl sites for hydroxylation is 1. The molecule has 1 saturated heterocycles. The number of nitrogens with zero attached hydrogens (tertiary/aromatic N) is 6. The van der Waals surface area contributed by atoms with Crippen molar-refractivity contribution in [2.24, 2.45) is 5.41 Å². The van der Waals surface area contributed by atoms with Gasteiger partial charge >= 0.3 is 0 Å². The predicted octanol–water partition coefficient (Wildman–Crippen LogP) is 6.75. The van der Waals surface area contributed by atoms with Gasteiger partial charge in [-0.1, -0.05) is 100 Å². The van der Waals surface area contributed by atoms with Crippen molar-refractivity contribution < 1.29 is 29.4 Å². The van der Waals surface area contributed by atoms with Crippen LogP contribution in [0.5, 0.6) is 5.75 Å². The number of carbonyl (C=O) groups excluding carboxylic acids is 4. The molecular weight excluding hydrogens is 881 g/mol. The van der Waals surface area contributed by atoms with Crippen molar-refractivity contribution in [1.29, 1.82) is 0 Å². The van der Waals surface area contributed by atoms with Crippen LogP contribution < -0.4 is 21.7 Å². The van der Waals surface area contributed by atoms with Gasteiger partial charge in [0, 0.05) is 48.8 Å². The predicted molar refractivity (Wildman–Crippen MR) is 262 cm³/mol. The lowest BCUT2D eigenvalue weighted by Crippen LogP contribution is -2.57. The number of nitrogen functional groups attached to an aromatic ring is 1. The first-order chi connectivity index (χ1) is 32.6. The number of aromatic hydroxyl groups is 1. The smallest absolute Gasteiger partial charge is 0.249 e. The van der Waals surface area contributed by atoms with Gasteiger partial charge in [0.2, 0.25) is 23.6 Å². The first-order valence-corrected chi connectivity index (χ1v) is 23.8. The fourth-order valence-electron chi connectivity index (χ4n) is 8.45. The van der Waals surface area contributed by atoms with Crippen LogP contribution in [0.15, 0.2) is 103 Å². The van der Waals surface area contributed by atoms with Crippen molar-refractivity contribution in [3.63, 3.8) is 0 Å². The van der Waals surface area contributed by atoms with Crippen LogP contribution in [-0.4, -0.2) is 95.0 Å². The van der Waals surface area contributed by atoms with Crippen LogP contribution in [0.4, 0.5) is 5.82 Å². The molecule has 0 radical (unpaired) electrons. The maximum atomic E-state index is 14.2. The van der Waals surface area contributed by atoms with Crippen LogP contribution in [0, 0.1) is 12.3 Å². The lowest BCUT2D eigenvalue weighted by Gasteiger charge is -2.35. The zero-order chi connectivity index (χ0) is 48.5. The van der Waals surface area contributed by atoms with E-state index in [0.717, 1.165) is 40.1 Å². The molecular formula is C51H60N10O6S. The summed E-state index contributed by atoms with van der Waals surface area (Å²) in [5.41, 5.74) is 13.1. The molecule has 1 aliphatic rings. The first-order valence-electron chi connectivity index (χ1n) is 23.0. The second kappa shape index (κ2) is 21.8. The summed E-state index contributed by atoms with van der Waals surface area (Å²) < 4.78 is 1.58. The summed E-state index contributed by atoms with van der Waals surface area (Å²) in [5, 5.41) is 43.0. The molecule has 6 aromatic rings. The zero-order valence-electron chi connectivity index (χ0n) is 39.1. The fourth-order valence-corrected chi connectivity index (χ4v) is 9.26. The first kappa shape index (κ1) is 48.9. The minimum Gasteiger partial charge on any atom is -0.507 e. The van der Waals surface area contributed by atoms with E-state index in [0.29, 0.717) is 41.8 Å². The third-order valence-corrected chi connectivity index (χ3v) is 13.2. The Bertz CT molecular complexity index is 2700. The summed E-state index contributed by atoms with van der Waals surface area (Å²) in [6.45, 7) is 9.83. The van der Waals surface area contributed by atoms with Crippen molar-refractivity contribution in [2.45, 2.75) is 103 Å². The van der Waals surface area contributed by atoms with Gasteiger partial charge in [0.1, 0.15) is 17.8 Å². The molecule has 3 aromatic carbocycles. The topological polar surface area (TPSA) is 231 Å². The molecule has 7 rings (SSSR count). The SMILES string of the molecule is Cc1ncsc1-c1ccc(C(C)NC(=O)C2CC(O)CN2C(=O)C(NC(=O)CCCCCCNC(=O)C(c2ccccc2)n2cc(-c3cc(-c4ccccc4O)nnc3N)cn2)C(C)(C)C)cc1. The summed E-state index contributed by atoms with van der Waals surface area (Å²) in [6.07, 6.45) is 5.48. The number of nitrogens with two attached hydrogens (primary N) is 1. The number of hydrogen-bond donors (Lipinski definition) is 6. The third kappa shape index (κ3) is 11.8. The zero-order valence-corrected chi connectivity index (χ0v) is 39.9. The number of aliphatic hydroxyl groups is 1. The van der Waals surface area contributed by atoms with Gasteiger partial charge in [-0.2, -0.15) is 5.10 Å². The average molecular weight is 941 g/mol. The normalized spacial score (nSPS) is 16.2. The minimum absolute atomic E-state index is 0.0105. The highest BCUT2D eigenvalue weighted by Gasteiger charge is 2.44. The Labute approximate surface area is 400 Å². The van der Waals surface area contributed by atoms with Gasteiger partial charge in [-0.05, 0) is 67.0 Å². The Morgan fingerprint density at radius 3 is 2.31 bits per heavy atom. The van der Waals surface area contributed by atoms with E-state index in [1.54, 1.807) is 58.7 Å². The Balaban J connectivity index is 0.889. The van der Waals surface area contributed by atoms with Gasteiger partial charge < -0.3 is 36.8 Å². The Morgan fingerprint density at radius 1 is 0.882 bits per heavy atom. The van der Waals surface area contributed by atoms with E-state index >= 15 is 0 Å². The number of benzene rings is 3. The summed E-state index contributed by atoms with van der Waals surface area (Å²) >= 11 is 1.57. The van der Waals surface area contributed by atoms with E-state index in [1.165, 1.54) is 4.90 Å². The molecule has 4 amide bonds. The summed E-state index contributed by atoms with van der Waals surface area (Å²) in [6, 6.07) is 22.9. The highest BCUT2D eigenvalue weighted by Crippen LogP contribution is 2.34. The third-order valence-electron chi connectivity index (χ3n) is 12.2. The number of β-amino-alcohol motifs (C(OH)–C–C–N with tert-alkyl or cyclic N) is 1. The van der Waals surface area contributed by atoms with Crippen LogP contribution in [-0.2, 0) is 19.2 Å². The number of unbranched alkanes of at least 4 members (excludes halogenated alkanes) is 3. The molecule has 16 nitrogen and oxygen atoms in total. The average Bonchev–Trinajstić information content (AvgIpc) is 4.08. The van der Waals surface area contributed by atoms with Crippen LogP contribution in [0.2, 0.25) is 0 Å². The van der Waals surface area contributed by atoms with Gasteiger partial charge in [-0.3, -0.25) is 23.9 Å². The molecule has 0 bridgehead atoms. The Hall–Kier alpha value is -6.98. The quantitative estimate of drug-likeness (QED) is 0.0494. The van der Waals surface area contributed by atoms with Gasteiger partial charge in [-0.25, -0.2) is 4.98 Å². The van der Waals surface area contributed by atoms with Crippen LogP contribution in [0.25, 0.3) is 32.8 Å². The number of amides is 4. The minimum atomic E-state index is -0.922. The number of carbonyl (C=O) groups is 4. The summed E-state index contributed by atoms with van der Waals surface area (Å²) in [5.74, 6) is -1.06. The molecule has 1 aliphatic heterocycles. The van der Waals surface area contributed by atoms with Crippen LogP contribution in [0.3, 0.4) is 0 Å². The van der Waals surface area contributed by atoms with Gasteiger partial charge in [0.15, 0.2) is 11.9 Å². The fraction of sp³-hybridized carbons (Fsp3) is 0.373. The van der Waals surface area contributed by atoms with Gasteiger partial charge in [-0.15, -0.1) is 21.5 Å². The number of para-hydroxylation sites is 1. The lowest BCUT2D eigenvalue weighted by molar-refractivity contribution is -0.144. The molecule has 7 N–H and O–H groups in total. The number of phenols is 1. The Kier molecular flexibility index (Phi) is 15.7. The van der Waals surface area contributed by atoms with E-state index in [2.05, 4.69) is 36.2 Å². The largest absolute Gasteiger partial charge is 0.507 e. The van der Waals surface area contributed by atoms with Crippen molar-refractivity contribution >= 4 is 40.8 Å². The molecule has 5 atom stereocenters. The number of phenolic OH excluding ortho intramolecular Hbond substituents is 1. The van der Waals surface area contributed by atoms with Crippen molar-refractivity contribution in [3.05, 3.63) is 120 Å². The van der Waals surface area contributed by atoms with Crippen LogP contribution in [0.1, 0.15) is 95.1 Å². The monoisotopic (exact) mass is 940 g/mol. The van der Waals surface area contributed by atoms with Gasteiger partial charge in [0.25, 0.3) is 0 Å². The molecule has 3 aromatic heterocycles. The molecule has 5 unspecified atom stereocenters. The maximum absolute atomic E-state index is 14.2. The molecule has 0 aliphatic carbocycles. The molecule has 0 saturated carbocycles. The molecule has 17 heteroatoms. The molecule has 0 spiro atoms. The lowest BCUT2D eigenvalue weighted by atomic mass is 9.85. The van der Waals surface area contributed by atoms with E-state index < -0.39 is 35.6 Å². The highest BCUT2D eigenvalue weighted by atomic mass is 32.1. The number of hydrogen-bond acceptors (Lipinski definition) is 12. The molecule has 1 fully saturated rings. The summed E-state index contributed by atoms with van der Waals surface area (Å²) in [4.78, 5) is 61.8. The van der Waals surface area contributed by atoms with Gasteiger partial charge in [0.05, 0.1) is 40.1 Å². The maximum Gasteiger partial charge on any atom is 0.249 e. The second-order valence-electron chi connectivity index (χ2n) is 18.4. The van der Waals surface area contributed by atoms with Crippen molar-refractivity contribution in [2.75, 3.05) is 18.8 Å². The van der Waals surface area contributed by atoms with E-state index in [-0.39, 0.29) is 54.7 Å². The Morgan fingerprint density at radius 2 is 1.60 bits per heavy atom. The van der Waals surface area contributed by atoms with Crippen molar-refractivity contribution in [1.82, 2.24) is 45.8 Å². The molecule has 4 heterocycles. The number of aliphatic hydroxyl groups excluding tert-OH is 1. The molecule has 356 valence electrons. The van der Waals surface area contributed by atoms with Crippen molar-refractivity contribution in [3.8, 4) is 38.6 Å². The van der Waals surface area contributed by atoms with Crippen LogP contribution >= 0.6 is 11.3 Å². The van der Waals surface area contributed by atoms with E-state index in [4.69, 9.17) is 5.73 Å². The number of likely N-dealkylation sites (tertiary alicyclic amines) is 1.